The number of hydrogen-bond donors (Lipinski definition) is 2. The van der Waals surface area contributed by atoms with E-state index >= 15 is 0 Å². The number of nitrogens with zero attached hydrogens (tertiary/aromatic N) is 2. The van der Waals surface area contributed by atoms with Crippen LogP contribution in [0.5, 0.6) is 0 Å². The molecule has 2 aromatic rings. The number of nitrogens with one attached hydrogen (secondary N) is 2. The second kappa shape index (κ2) is 5.63. The Bertz CT molecular complexity index is 513. The Morgan fingerprint density at radius 3 is 2.61 bits per heavy atom. The first-order valence-electron chi connectivity index (χ1n) is 5.35. The van der Waals surface area contributed by atoms with Crippen molar-refractivity contribution in [3.8, 4) is 0 Å². The number of benzene rings is 1. The second-order valence-electron chi connectivity index (χ2n) is 3.72. The third kappa shape index (κ3) is 3.07. The van der Waals surface area contributed by atoms with Gasteiger partial charge < -0.3 is 5.32 Å². The lowest BCUT2D eigenvalue weighted by Crippen LogP contribution is -2.18. The van der Waals surface area contributed by atoms with E-state index in [-0.39, 0.29) is 12.1 Å². The van der Waals surface area contributed by atoms with Gasteiger partial charge in [-0.2, -0.15) is 5.10 Å². The molecule has 4 nitrogen and oxygen atoms in total. The van der Waals surface area contributed by atoms with Gasteiger partial charge in [0.2, 0.25) is 0 Å². The van der Waals surface area contributed by atoms with Crippen molar-refractivity contribution in [2.45, 2.75) is 13.0 Å². The summed E-state index contributed by atoms with van der Waals surface area (Å²) in [6.45, 7) is 0.644. The van der Waals surface area contributed by atoms with Gasteiger partial charge in [0.15, 0.2) is 11.6 Å². The third-order valence-corrected chi connectivity index (χ3v) is 2.41. The van der Waals surface area contributed by atoms with Crippen LogP contribution < -0.4 is 5.32 Å². The second-order valence-corrected chi connectivity index (χ2v) is 3.72. The Hall–Kier alpha value is -1.89. The average Bonchev–Trinajstić information content (AvgIpc) is 2.84. The van der Waals surface area contributed by atoms with Gasteiger partial charge in [-0.15, -0.1) is 0 Å². The molecule has 0 aliphatic heterocycles. The van der Waals surface area contributed by atoms with Crippen molar-refractivity contribution >= 4 is 0 Å². The molecule has 0 amide bonds. The van der Waals surface area contributed by atoms with E-state index in [1.807, 2.05) is 0 Å². The molecule has 18 heavy (non-hydrogen) atoms. The van der Waals surface area contributed by atoms with Gasteiger partial charge in [0, 0.05) is 31.1 Å². The van der Waals surface area contributed by atoms with E-state index in [0.29, 0.717) is 24.9 Å². The maximum Gasteiger partial charge on any atom is 0.161 e. The maximum absolute atomic E-state index is 13.3. The number of halogens is 3. The van der Waals surface area contributed by atoms with Crippen LogP contribution >= 0.6 is 0 Å². The van der Waals surface area contributed by atoms with Gasteiger partial charge in [0.25, 0.3) is 0 Å². The van der Waals surface area contributed by atoms with E-state index in [4.69, 9.17) is 0 Å². The van der Waals surface area contributed by atoms with Gasteiger partial charge in [0.05, 0.1) is 0 Å². The summed E-state index contributed by atoms with van der Waals surface area (Å²) >= 11 is 0. The lowest BCUT2D eigenvalue weighted by atomic mass is 10.2. The smallest absolute Gasteiger partial charge is 0.161 e. The minimum absolute atomic E-state index is 0.0893. The Labute approximate surface area is 101 Å². The van der Waals surface area contributed by atoms with Gasteiger partial charge in [-0.1, -0.05) is 0 Å². The zero-order valence-electron chi connectivity index (χ0n) is 9.38. The highest BCUT2D eigenvalue weighted by Gasteiger charge is 2.09. The van der Waals surface area contributed by atoms with Crippen LogP contribution in [0.25, 0.3) is 0 Å². The molecule has 0 fully saturated rings. The van der Waals surface area contributed by atoms with Crippen molar-refractivity contribution in [1.82, 2.24) is 20.5 Å². The monoisotopic (exact) mass is 256 g/mol. The average molecular weight is 256 g/mol. The number of H-pyrrole nitrogens is 1. The van der Waals surface area contributed by atoms with Crippen molar-refractivity contribution in [3.05, 3.63) is 47.3 Å². The quantitative estimate of drug-likeness (QED) is 0.630. The van der Waals surface area contributed by atoms with E-state index in [2.05, 4.69) is 20.5 Å². The first-order chi connectivity index (χ1) is 8.66. The molecule has 1 aromatic carbocycles. The van der Waals surface area contributed by atoms with Gasteiger partial charge in [0.1, 0.15) is 18.0 Å². The number of aromatic nitrogens is 3. The summed E-state index contributed by atoms with van der Waals surface area (Å²) in [5.74, 6) is -2.30. The molecule has 2 rings (SSSR count). The van der Waals surface area contributed by atoms with Crippen LogP contribution in [0.1, 0.15) is 11.4 Å². The molecule has 0 saturated heterocycles. The number of aromatic amines is 1. The van der Waals surface area contributed by atoms with Gasteiger partial charge in [-0.3, -0.25) is 5.10 Å². The standard InChI is InChI=1S/C11H11F3N4/c12-8-4-10(14)9(13)3-7(8)5-15-2-1-11-16-6-17-18-11/h3-4,6,15H,1-2,5H2,(H,16,17,18). The highest BCUT2D eigenvalue weighted by molar-refractivity contribution is 5.19. The number of rotatable bonds is 5. The third-order valence-electron chi connectivity index (χ3n) is 2.41. The maximum atomic E-state index is 13.3. The molecule has 0 aliphatic carbocycles. The molecule has 0 bridgehead atoms. The van der Waals surface area contributed by atoms with Crippen LogP contribution in [0, 0.1) is 17.5 Å². The van der Waals surface area contributed by atoms with Gasteiger partial charge >= 0.3 is 0 Å². The molecule has 96 valence electrons. The normalized spacial score (nSPS) is 10.8. The predicted octanol–water partition coefficient (Wildman–Crippen LogP) is 1.55. The molecule has 0 aliphatic rings. The summed E-state index contributed by atoms with van der Waals surface area (Å²) in [6, 6.07) is 1.40. The minimum atomic E-state index is -1.18. The number of hydrogen-bond acceptors (Lipinski definition) is 3. The van der Waals surface area contributed by atoms with Crippen LogP contribution in [-0.2, 0) is 13.0 Å². The molecule has 7 heteroatoms. The molecule has 0 unspecified atom stereocenters. The van der Waals surface area contributed by atoms with E-state index in [0.717, 1.165) is 6.07 Å². The van der Waals surface area contributed by atoms with Crippen molar-refractivity contribution < 1.29 is 13.2 Å². The topological polar surface area (TPSA) is 53.6 Å². The summed E-state index contributed by atoms with van der Waals surface area (Å²) in [6.07, 6.45) is 1.98. The minimum Gasteiger partial charge on any atom is -0.312 e. The molecule has 1 heterocycles. The SMILES string of the molecule is Fc1cc(F)c(CNCCc2ncn[nH]2)cc1F. The van der Waals surface area contributed by atoms with E-state index in [1.165, 1.54) is 6.33 Å². The van der Waals surface area contributed by atoms with Crippen LogP contribution in [0.2, 0.25) is 0 Å². The lowest BCUT2D eigenvalue weighted by Gasteiger charge is -2.05. The highest BCUT2D eigenvalue weighted by atomic mass is 19.2. The van der Waals surface area contributed by atoms with Crippen molar-refractivity contribution in [2.24, 2.45) is 0 Å². The van der Waals surface area contributed by atoms with Crippen molar-refractivity contribution in [1.29, 1.82) is 0 Å². The van der Waals surface area contributed by atoms with Crippen LogP contribution in [0.4, 0.5) is 13.2 Å². The highest BCUT2D eigenvalue weighted by Crippen LogP contribution is 2.13. The van der Waals surface area contributed by atoms with Crippen LogP contribution in [0.3, 0.4) is 0 Å². The summed E-state index contributed by atoms with van der Waals surface area (Å²) < 4.78 is 38.8. The van der Waals surface area contributed by atoms with E-state index in [9.17, 15) is 13.2 Å². The van der Waals surface area contributed by atoms with Gasteiger partial charge in [-0.25, -0.2) is 18.2 Å². The molecule has 2 N–H and O–H groups in total. The van der Waals surface area contributed by atoms with Crippen LogP contribution in [0.15, 0.2) is 18.5 Å². The lowest BCUT2D eigenvalue weighted by molar-refractivity contribution is 0.487. The molecular weight excluding hydrogens is 245 g/mol. The Morgan fingerprint density at radius 2 is 1.89 bits per heavy atom. The first-order valence-corrected chi connectivity index (χ1v) is 5.35. The summed E-state index contributed by atoms with van der Waals surface area (Å²) in [5, 5.41) is 9.27. The van der Waals surface area contributed by atoms with E-state index in [1.54, 1.807) is 0 Å². The molecule has 0 saturated carbocycles. The fraction of sp³-hybridized carbons (Fsp3) is 0.273. The first kappa shape index (κ1) is 12.6. The fourth-order valence-corrected chi connectivity index (χ4v) is 1.48. The summed E-state index contributed by atoms with van der Waals surface area (Å²) in [5.41, 5.74) is 0.0893. The van der Waals surface area contributed by atoms with Crippen LogP contribution in [-0.4, -0.2) is 21.7 Å². The Morgan fingerprint density at radius 1 is 1.11 bits per heavy atom. The Balaban J connectivity index is 1.85. The summed E-state index contributed by atoms with van der Waals surface area (Å²) in [4.78, 5) is 3.91. The molecular formula is C11H11F3N4. The van der Waals surface area contributed by atoms with Gasteiger partial charge in [-0.05, 0) is 6.07 Å². The van der Waals surface area contributed by atoms with Crippen molar-refractivity contribution in [3.63, 3.8) is 0 Å². The largest absolute Gasteiger partial charge is 0.312 e. The van der Waals surface area contributed by atoms with Crippen molar-refractivity contribution in [2.75, 3.05) is 6.54 Å². The molecule has 0 radical (unpaired) electrons. The molecule has 0 atom stereocenters. The Kier molecular flexibility index (Phi) is 3.93. The van der Waals surface area contributed by atoms with E-state index < -0.39 is 17.5 Å². The zero-order valence-corrected chi connectivity index (χ0v) is 9.38. The predicted molar refractivity (Wildman–Crippen MR) is 58.1 cm³/mol. The zero-order chi connectivity index (χ0) is 13.0. The fourth-order valence-electron chi connectivity index (χ4n) is 1.48. The molecule has 0 spiro atoms. The summed E-state index contributed by atoms with van der Waals surface area (Å²) in [7, 11) is 0. The molecule has 1 aromatic heterocycles.